The van der Waals surface area contributed by atoms with E-state index in [2.05, 4.69) is 31.0 Å². The van der Waals surface area contributed by atoms with Gasteiger partial charge in [0, 0.05) is 16.9 Å². The van der Waals surface area contributed by atoms with Gasteiger partial charge in [-0.25, -0.2) is 0 Å². The van der Waals surface area contributed by atoms with Crippen LogP contribution in [0, 0.1) is 6.92 Å². The molecule has 1 aromatic carbocycles. The number of nitrogens with zero attached hydrogens (tertiary/aromatic N) is 1. The number of hydrogen-bond donors (Lipinski definition) is 0. The van der Waals surface area contributed by atoms with Gasteiger partial charge < -0.3 is 4.90 Å². The van der Waals surface area contributed by atoms with Crippen LogP contribution in [-0.2, 0) is 6.54 Å². The third-order valence-corrected chi connectivity index (χ3v) is 3.13. The first-order chi connectivity index (χ1) is 7.49. The Morgan fingerprint density at radius 3 is 2.62 bits per heavy atom. The lowest BCUT2D eigenvalue weighted by Gasteiger charge is -2.18. The topological polar surface area (TPSA) is 3.24 Å². The molecule has 0 heterocycles. The predicted molar refractivity (Wildman–Crippen MR) is 72.5 cm³/mol. The van der Waals surface area contributed by atoms with Crippen molar-refractivity contribution in [2.45, 2.75) is 32.2 Å². The van der Waals surface area contributed by atoms with Crippen LogP contribution in [0.4, 0.5) is 0 Å². The van der Waals surface area contributed by atoms with Gasteiger partial charge in [-0.2, -0.15) is 0 Å². The molecule has 0 aliphatic heterocycles. The minimum atomic E-state index is 0.232. The SMILES string of the molecule is Cc1ccc(CN(C)CCC(C)Cl)c(Cl)c1. The third-order valence-electron chi connectivity index (χ3n) is 2.56. The lowest BCUT2D eigenvalue weighted by molar-refractivity contribution is 0.322. The molecule has 1 unspecified atom stereocenters. The fourth-order valence-corrected chi connectivity index (χ4v) is 1.94. The molecule has 0 bridgehead atoms. The number of hydrogen-bond acceptors (Lipinski definition) is 1. The molecule has 0 radical (unpaired) electrons. The first-order valence-corrected chi connectivity index (χ1v) is 6.38. The summed E-state index contributed by atoms with van der Waals surface area (Å²) in [6.45, 7) is 5.94. The molecule has 0 saturated heterocycles. The minimum absolute atomic E-state index is 0.232. The Kier molecular flexibility index (Phi) is 5.60. The van der Waals surface area contributed by atoms with Crippen LogP contribution >= 0.6 is 23.2 Å². The maximum atomic E-state index is 6.18. The molecule has 0 amide bonds. The summed E-state index contributed by atoms with van der Waals surface area (Å²) in [5.41, 5.74) is 2.38. The maximum absolute atomic E-state index is 6.18. The summed E-state index contributed by atoms with van der Waals surface area (Å²) in [7, 11) is 2.09. The molecule has 16 heavy (non-hydrogen) atoms. The molecule has 1 nitrogen and oxygen atoms in total. The highest BCUT2D eigenvalue weighted by atomic mass is 35.5. The van der Waals surface area contributed by atoms with Crippen LogP contribution < -0.4 is 0 Å². The Morgan fingerprint density at radius 2 is 2.06 bits per heavy atom. The Balaban J connectivity index is 2.52. The van der Waals surface area contributed by atoms with E-state index < -0.39 is 0 Å². The van der Waals surface area contributed by atoms with Gasteiger partial charge >= 0.3 is 0 Å². The summed E-state index contributed by atoms with van der Waals surface area (Å²) in [5.74, 6) is 0. The molecule has 0 aliphatic carbocycles. The van der Waals surface area contributed by atoms with Gasteiger partial charge in [-0.15, -0.1) is 11.6 Å². The van der Waals surface area contributed by atoms with Crippen molar-refractivity contribution in [1.82, 2.24) is 4.90 Å². The average molecular weight is 260 g/mol. The highest BCUT2D eigenvalue weighted by molar-refractivity contribution is 6.31. The van der Waals surface area contributed by atoms with Crippen molar-refractivity contribution in [3.8, 4) is 0 Å². The molecule has 3 heteroatoms. The van der Waals surface area contributed by atoms with Crippen LogP contribution in [-0.4, -0.2) is 23.9 Å². The van der Waals surface area contributed by atoms with Gasteiger partial charge in [-0.3, -0.25) is 0 Å². The van der Waals surface area contributed by atoms with E-state index in [-0.39, 0.29) is 5.38 Å². The summed E-state index contributed by atoms with van der Waals surface area (Å²) in [5, 5.41) is 1.08. The van der Waals surface area contributed by atoms with Crippen molar-refractivity contribution in [3.05, 3.63) is 34.3 Å². The standard InChI is InChI=1S/C13H19Cl2N/c1-10-4-5-12(13(15)8-10)9-16(3)7-6-11(2)14/h4-5,8,11H,6-7,9H2,1-3H3. The van der Waals surface area contributed by atoms with E-state index in [1.165, 1.54) is 11.1 Å². The molecular formula is C13H19Cl2N. The highest BCUT2D eigenvalue weighted by Gasteiger charge is 2.05. The number of benzene rings is 1. The molecule has 0 aliphatic rings. The van der Waals surface area contributed by atoms with Crippen molar-refractivity contribution in [2.24, 2.45) is 0 Å². The van der Waals surface area contributed by atoms with E-state index in [0.29, 0.717) is 0 Å². The van der Waals surface area contributed by atoms with Crippen LogP contribution in [0.25, 0.3) is 0 Å². The van der Waals surface area contributed by atoms with Gasteiger partial charge in [-0.1, -0.05) is 23.7 Å². The number of halogens is 2. The molecule has 0 aromatic heterocycles. The molecule has 1 atom stereocenters. The Bertz CT molecular complexity index is 337. The average Bonchev–Trinajstić information content (AvgIpc) is 2.19. The zero-order valence-electron chi connectivity index (χ0n) is 10.1. The lowest BCUT2D eigenvalue weighted by atomic mass is 10.1. The minimum Gasteiger partial charge on any atom is -0.302 e. The predicted octanol–water partition coefficient (Wildman–Crippen LogP) is 4.10. The van der Waals surface area contributed by atoms with E-state index in [9.17, 15) is 0 Å². The zero-order chi connectivity index (χ0) is 12.1. The molecule has 1 rings (SSSR count). The van der Waals surface area contributed by atoms with Crippen molar-refractivity contribution in [3.63, 3.8) is 0 Å². The zero-order valence-corrected chi connectivity index (χ0v) is 11.6. The maximum Gasteiger partial charge on any atom is 0.0453 e. The van der Waals surface area contributed by atoms with Crippen molar-refractivity contribution in [1.29, 1.82) is 0 Å². The second-order valence-corrected chi connectivity index (χ2v) is 5.55. The highest BCUT2D eigenvalue weighted by Crippen LogP contribution is 2.19. The second kappa shape index (κ2) is 6.48. The van der Waals surface area contributed by atoms with E-state index in [0.717, 1.165) is 24.5 Å². The Labute approximate surface area is 108 Å². The molecule has 0 N–H and O–H groups in total. The molecule has 0 fully saturated rings. The number of aryl methyl sites for hydroxylation is 1. The van der Waals surface area contributed by atoms with Crippen molar-refractivity contribution >= 4 is 23.2 Å². The van der Waals surface area contributed by atoms with Gasteiger partial charge in [0.25, 0.3) is 0 Å². The van der Waals surface area contributed by atoms with Crippen LogP contribution in [0.5, 0.6) is 0 Å². The molecule has 1 aromatic rings. The Morgan fingerprint density at radius 1 is 1.38 bits per heavy atom. The fourth-order valence-electron chi connectivity index (χ4n) is 1.55. The first kappa shape index (κ1) is 13.8. The molecule has 0 saturated carbocycles. The van der Waals surface area contributed by atoms with Crippen LogP contribution in [0.15, 0.2) is 18.2 Å². The quantitative estimate of drug-likeness (QED) is 0.720. The van der Waals surface area contributed by atoms with Gasteiger partial charge in [0.15, 0.2) is 0 Å². The monoisotopic (exact) mass is 259 g/mol. The van der Waals surface area contributed by atoms with E-state index in [4.69, 9.17) is 23.2 Å². The first-order valence-electron chi connectivity index (χ1n) is 5.56. The summed E-state index contributed by atoms with van der Waals surface area (Å²) < 4.78 is 0. The van der Waals surface area contributed by atoms with Gasteiger partial charge in [0.05, 0.1) is 0 Å². The van der Waals surface area contributed by atoms with Gasteiger partial charge in [0.1, 0.15) is 0 Å². The summed E-state index contributed by atoms with van der Waals surface area (Å²) in [6, 6.07) is 6.20. The van der Waals surface area contributed by atoms with E-state index in [1.807, 2.05) is 13.0 Å². The molecule has 0 spiro atoms. The second-order valence-electron chi connectivity index (χ2n) is 4.40. The smallest absolute Gasteiger partial charge is 0.0453 e. The number of alkyl halides is 1. The summed E-state index contributed by atoms with van der Waals surface area (Å²) in [6.07, 6.45) is 1.00. The van der Waals surface area contributed by atoms with Crippen LogP contribution in [0.2, 0.25) is 5.02 Å². The fraction of sp³-hybridized carbons (Fsp3) is 0.538. The molecule has 90 valence electrons. The summed E-state index contributed by atoms with van der Waals surface area (Å²) in [4.78, 5) is 2.25. The van der Waals surface area contributed by atoms with E-state index in [1.54, 1.807) is 0 Å². The Hall–Kier alpha value is -0.240. The van der Waals surface area contributed by atoms with Crippen molar-refractivity contribution < 1.29 is 0 Å². The largest absolute Gasteiger partial charge is 0.302 e. The summed E-state index contributed by atoms with van der Waals surface area (Å²) >= 11 is 12.1. The van der Waals surface area contributed by atoms with Gasteiger partial charge in [-0.05, 0) is 51.1 Å². The third kappa shape index (κ3) is 4.73. The van der Waals surface area contributed by atoms with E-state index >= 15 is 0 Å². The van der Waals surface area contributed by atoms with Crippen LogP contribution in [0.3, 0.4) is 0 Å². The van der Waals surface area contributed by atoms with Gasteiger partial charge in [0.2, 0.25) is 0 Å². The van der Waals surface area contributed by atoms with Crippen LogP contribution in [0.1, 0.15) is 24.5 Å². The molecular weight excluding hydrogens is 241 g/mol. The lowest BCUT2D eigenvalue weighted by Crippen LogP contribution is -2.21. The van der Waals surface area contributed by atoms with Crippen molar-refractivity contribution in [2.75, 3.05) is 13.6 Å². The normalized spacial score (nSPS) is 13.1. The number of rotatable bonds is 5.